The molecule has 11 nitrogen and oxygen atoms in total. The van der Waals surface area contributed by atoms with Gasteiger partial charge in [0.15, 0.2) is 18.1 Å². The first-order valence-corrected chi connectivity index (χ1v) is 10.7. The molecule has 0 unspecified atom stereocenters. The van der Waals surface area contributed by atoms with E-state index in [2.05, 4.69) is 41.9 Å². The molecule has 0 aliphatic carbocycles. The Morgan fingerprint density at radius 1 is 1.21 bits per heavy atom. The Bertz CT molecular complexity index is 1170. The Balaban J connectivity index is 1.86. The number of carbonyl (C=O) groups is 4. The molecule has 13 heteroatoms. The molecule has 0 bridgehead atoms. The van der Waals surface area contributed by atoms with E-state index in [1.54, 1.807) is 0 Å². The van der Waals surface area contributed by atoms with Gasteiger partial charge in [0.1, 0.15) is 11.5 Å². The molecule has 1 aromatic carbocycles. The van der Waals surface area contributed by atoms with E-state index in [9.17, 15) is 19.2 Å². The highest BCUT2D eigenvalue weighted by molar-refractivity contribution is 9.13. The monoisotopic (exact) mass is 586 g/mol. The van der Waals surface area contributed by atoms with Crippen molar-refractivity contribution in [1.29, 1.82) is 0 Å². The van der Waals surface area contributed by atoms with Crippen LogP contribution in [0.25, 0.3) is 6.08 Å². The van der Waals surface area contributed by atoms with Crippen LogP contribution in [-0.2, 0) is 20.9 Å². The number of hydrogen-bond acceptors (Lipinski definition) is 8. The van der Waals surface area contributed by atoms with Crippen molar-refractivity contribution in [2.45, 2.75) is 6.54 Å². The summed E-state index contributed by atoms with van der Waals surface area (Å²) in [6.45, 7) is -0.787. The lowest BCUT2D eigenvalue weighted by atomic mass is 10.1. The van der Waals surface area contributed by atoms with Gasteiger partial charge in [0.05, 0.1) is 25.2 Å². The third-order valence-electron chi connectivity index (χ3n) is 4.34. The number of hydrogen-bond donors (Lipinski definition) is 2. The largest absolute Gasteiger partial charge is 0.493 e. The van der Waals surface area contributed by atoms with Gasteiger partial charge in [-0.2, -0.15) is 0 Å². The highest BCUT2D eigenvalue weighted by Crippen LogP contribution is 2.43. The van der Waals surface area contributed by atoms with Crippen molar-refractivity contribution >= 4 is 61.8 Å². The third kappa shape index (κ3) is 5.20. The number of nitrogens with one attached hydrogen (secondary N) is 1. The number of rotatable bonds is 8. The Morgan fingerprint density at radius 3 is 2.58 bits per heavy atom. The number of esters is 1. The molecule has 3 rings (SSSR count). The maximum absolute atomic E-state index is 12.8. The fourth-order valence-corrected chi connectivity index (χ4v) is 3.78. The van der Waals surface area contributed by atoms with Crippen LogP contribution in [0.15, 0.2) is 37.3 Å². The summed E-state index contributed by atoms with van der Waals surface area (Å²) < 4.78 is 21.2. The van der Waals surface area contributed by atoms with Crippen LogP contribution in [0.2, 0.25) is 0 Å². The number of imide groups is 1. The standard InChI is InChI=1S/C20H16Br2N2O9/c1-30-13-6-9(15(21)16(22)17(13)32-8-14(25)26)5-11-18(27)24(20(29)23-11)7-10-3-4-12(33-10)19(28)31-2/h3-6H,7-8H2,1-2H3,(H,23,29)(H,25,26)/b11-5-. The molecule has 1 aromatic heterocycles. The van der Waals surface area contributed by atoms with Crippen LogP contribution in [-0.4, -0.2) is 54.7 Å². The molecule has 2 aromatic rings. The SMILES string of the molecule is COC(=O)c1ccc(CN2C(=O)N/C(=C\c3cc(OC)c(OCC(=O)O)c(Br)c3Br)C2=O)o1. The number of urea groups is 1. The molecular weight excluding hydrogens is 572 g/mol. The number of amides is 3. The molecule has 1 aliphatic heterocycles. The first kappa shape index (κ1) is 24.3. The van der Waals surface area contributed by atoms with E-state index in [4.69, 9.17) is 19.0 Å². The van der Waals surface area contributed by atoms with Crippen LogP contribution in [0.1, 0.15) is 21.9 Å². The Morgan fingerprint density at radius 2 is 1.94 bits per heavy atom. The van der Waals surface area contributed by atoms with E-state index in [-0.39, 0.29) is 35.3 Å². The van der Waals surface area contributed by atoms with Gasteiger partial charge in [0.25, 0.3) is 5.91 Å². The molecule has 174 valence electrons. The molecule has 1 saturated heterocycles. The minimum atomic E-state index is -1.17. The number of nitrogens with zero attached hydrogens (tertiary/aromatic N) is 1. The molecule has 1 fully saturated rings. The number of methoxy groups -OCH3 is 2. The summed E-state index contributed by atoms with van der Waals surface area (Å²) in [5.41, 5.74) is 0.423. The lowest BCUT2D eigenvalue weighted by Crippen LogP contribution is -2.30. The van der Waals surface area contributed by atoms with Crippen LogP contribution >= 0.6 is 31.9 Å². The second-order valence-electron chi connectivity index (χ2n) is 6.44. The van der Waals surface area contributed by atoms with Gasteiger partial charge in [0, 0.05) is 4.47 Å². The van der Waals surface area contributed by atoms with Crippen molar-refractivity contribution in [2.75, 3.05) is 20.8 Å². The lowest BCUT2D eigenvalue weighted by Gasteiger charge is -2.14. The number of carboxylic acids is 1. The predicted octanol–water partition coefficient (Wildman–Crippen LogP) is 3.16. The molecular formula is C20H16Br2N2O9. The number of aliphatic carboxylic acids is 1. The van der Waals surface area contributed by atoms with Crippen LogP contribution in [0.3, 0.4) is 0 Å². The molecule has 2 heterocycles. The normalized spacial score (nSPS) is 14.4. The number of halogens is 2. The summed E-state index contributed by atoms with van der Waals surface area (Å²) in [5.74, 6) is -1.95. The van der Waals surface area contributed by atoms with E-state index in [1.165, 1.54) is 38.5 Å². The van der Waals surface area contributed by atoms with Crippen LogP contribution in [0.4, 0.5) is 4.79 Å². The summed E-state index contributed by atoms with van der Waals surface area (Å²) in [5, 5.41) is 11.3. The zero-order valence-electron chi connectivity index (χ0n) is 17.1. The van der Waals surface area contributed by atoms with Gasteiger partial charge in [-0.05, 0) is 61.7 Å². The van der Waals surface area contributed by atoms with Crippen molar-refractivity contribution < 1.29 is 42.9 Å². The van der Waals surface area contributed by atoms with Crippen LogP contribution in [0, 0.1) is 0 Å². The van der Waals surface area contributed by atoms with Crippen molar-refractivity contribution in [3.05, 3.63) is 49.9 Å². The molecule has 1 aliphatic rings. The lowest BCUT2D eigenvalue weighted by molar-refractivity contribution is -0.139. The summed E-state index contributed by atoms with van der Waals surface area (Å²) in [6, 6.07) is 3.68. The molecule has 0 saturated carbocycles. The molecule has 2 N–H and O–H groups in total. The zero-order chi connectivity index (χ0) is 24.3. The van der Waals surface area contributed by atoms with Gasteiger partial charge < -0.3 is 29.1 Å². The molecule has 33 heavy (non-hydrogen) atoms. The Kier molecular flexibility index (Phi) is 7.43. The summed E-state index contributed by atoms with van der Waals surface area (Å²) in [6.07, 6.45) is 1.42. The van der Waals surface area contributed by atoms with Gasteiger partial charge in [-0.15, -0.1) is 0 Å². The molecule has 0 spiro atoms. The van der Waals surface area contributed by atoms with Crippen LogP contribution < -0.4 is 14.8 Å². The van der Waals surface area contributed by atoms with Crippen molar-refractivity contribution in [3.8, 4) is 11.5 Å². The van der Waals surface area contributed by atoms with Gasteiger partial charge >= 0.3 is 18.0 Å². The number of ether oxygens (including phenoxy) is 3. The highest BCUT2D eigenvalue weighted by Gasteiger charge is 2.34. The molecule has 0 atom stereocenters. The van der Waals surface area contributed by atoms with E-state index in [1.807, 2.05) is 0 Å². The van der Waals surface area contributed by atoms with Crippen molar-refractivity contribution in [3.63, 3.8) is 0 Å². The van der Waals surface area contributed by atoms with Crippen molar-refractivity contribution in [2.24, 2.45) is 0 Å². The smallest absolute Gasteiger partial charge is 0.373 e. The fourth-order valence-electron chi connectivity index (χ4n) is 2.83. The number of carbonyl (C=O) groups excluding carboxylic acids is 3. The quantitative estimate of drug-likeness (QED) is 0.270. The van der Waals surface area contributed by atoms with E-state index in [0.29, 0.717) is 14.5 Å². The average Bonchev–Trinajstić information content (AvgIpc) is 3.35. The molecule has 3 amide bonds. The first-order valence-electron chi connectivity index (χ1n) is 9.08. The average molecular weight is 588 g/mol. The predicted molar refractivity (Wildman–Crippen MR) is 119 cm³/mol. The first-order chi connectivity index (χ1) is 15.7. The van der Waals surface area contributed by atoms with Gasteiger partial charge in [-0.3, -0.25) is 9.69 Å². The maximum atomic E-state index is 12.8. The minimum absolute atomic E-state index is 0.0198. The number of furan rings is 1. The summed E-state index contributed by atoms with van der Waals surface area (Å²) in [4.78, 5) is 48.4. The van der Waals surface area contributed by atoms with E-state index >= 15 is 0 Å². The van der Waals surface area contributed by atoms with Crippen molar-refractivity contribution in [1.82, 2.24) is 10.2 Å². The number of carboxylic acid groups (broad SMARTS) is 1. The second kappa shape index (κ2) is 10.1. The second-order valence-corrected chi connectivity index (χ2v) is 8.03. The zero-order valence-corrected chi connectivity index (χ0v) is 20.3. The Hall–Kier alpha value is -3.32. The van der Waals surface area contributed by atoms with E-state index in [0.717, 1.165) is 4.90 Å². The summed E-state index contributed by atoms with van der Waals surface area (Å²) in [7, 11) is 2.58. The summed E-state index contributed by atoms with van der Waals surface area (Å²) >= 11 is 6.68. The number of benzene rings is 1. The third-order valence-corrected chi connectivity index (χ3v) is 6.48. The fraction of sp³-hybridized carbons (Fsp3) is 0.200. The minimum Gasteiger partial charge on any atom is -0.493 e. The topological polar surface area (TPSA) is 145 Å². The van der Waals surface area contributed by atoms with Gasteiger partial charge in [0.2, 0.25) is 5.76 Å². The maximum Gasteiger partial charge on any atom is 0.373 e. The highest BCUT2D eigenvalue weighted by atomic mass is 79.9. The van der Waals surface area contributed by atoms with E-state index < -0.39 is 30.5 Å². The van der Waals surface area contributed by atoms with Crippen LogP contribution in [0.5, 0.6) is 11.5 Å². The van der Waals surface area contributed by atoms with Gasteiger partial charge in [-0.25, -0.2) is 14.4 Å². The molecule has 0 radical (unpaired) electrons. The Labute approximate surface area is 203 Å². The van der Waals surface area contributed by atoms with Gasteiger partial charge in [-0.1, -0.05) is 0 Å².